The van der Waals surface area contributed by atoms with Gasteiger partial charge in [0.15, 0.2) is 4.86 Å². The molecule has 15 heavy (non-hydrogen) atoms. The second-order valence-corrected chi connectivity index (χ2v) is 2.96. The summed E-state index contributed by atoms with van der Waals surface area (Å²) in [5, 5.41) is 21.1. The van der Waals surface area contributed by atoms with Crippen LogP contribution in [-0.4, -0.2) is 27.4 Å². The summed E-state index contributed by atoms with van der Waals surface area (Å²) in [6, 6.07) is 5.33. The van der Waals surface area contributed by atoms with Crippen molar-refractivity contribution in [3.05, 3.63) is 24.4 Å². The van der Waals surface area contributed by atoms with E-state index < -0.39 is 0 Å². The molecule has 0 radical (unpaired) electrons. The first kappa shape index (κ1) is 9.32. The lowest BCUT2D eigenvalue weighted by Gasteiger charge is -1.97. The zero-order valence-corrected chi connectivity index (χ0v) is 8.01. The molecule has 0 saturated heterocycles. The van der Waals surface area contributed by atoms with E-state index >= 15 is 0 Å². The highest BCUT2D eigenvalue weighted by atomic mass is 16.6. The average molecular weight is 208 g/mol. The summed E-state index contributed by atoms with van der Waals surface area (Å²) in [6.07, 6.45) is 1.53. The predicted molar refractivity (Wildman–Crippen MR) is 50.8 cm³/mol. The third-order valence-corrected chi connectivity index (χ3v) is 2.17. The zero-order valence-electron chi connectivity index (χ0n) is 8.01. The van der Waals surface area contributed by atoms with Crippen LogP contribution in [-0.2, 0) is 0 Å². The Morgan fingerprint density at radius 1 is 1.47 bits per heavy atom. The van der Waals surface area contributed by atoms with Gasteiger partial charge < -0.3 is 14.9 Å². The number of fused-ring (bicyclic) bond motifs is 1. The van der Waals surface area contributed by atoms with E-state index in [0.29, 0.717) is 21.7 Å². The van der Waals surface area contributed by atoms with Crippen LogP contribution >= 0.6 is 0 Å². The third-order valence-electron chi connectivity index (χ3n) is 2.17. The van der Waals surface area contributed by atoms with Gasteiger partial charge in [0.1, 0.15) is 5.75 Å². The van der Waals surface area contributed by atoms with Crippen molar-refractivity contribution in [2.24, 2.45) is 5.28 Å². The number of nitrogens with one attached hydrogen (secondary N) is 1. The van der Waals surface area contributed by atoms with Crippen LogP contribution in [0.15, 0.2) is 29.7 Å². The van der Waals surface area contributed by atoms with E-state index in [2.05, 4.69) is 10.3 Å². The quantitative estimate of drug-likeness (QED) is 0.401. The highest BCUT2D eigenvalue weighted by molar-refractivity contribution is 5.89. The molecular formula is C9H10N3O3+. The number of hydrogen-bond donors (Lipinski definition) is 3. The Bertz CT molecular complexity index is 518. The van der Waals surface area contributed by atoms with Gasteiger partial charge in [-0.25, -0.2) is 0 Å². The number of rotatable bonds is 2. The highest BCUT2D eigenvalue weighted by Crippen LogP contribution is 2.28. The summed E-state index contributed by atoms with van der Waals surface area (Å²) >= 11 is 0. The zero-order chi connectivity index (χ0) is 10.8. The van der Waals surface area contributed by atoms with Gasteiger partial charge in [0.25, 0.3) is 0 Å². The minimum Gasteiger partial charge on any atom is -0.497 e. The minimum absolute atomic E-state index is 0.353. The lowest BCUT2D eigenvalue weighted by Crippen LogP contribution is -1.93. The van der Waals surface area contributed by atoms with Gasteiger partial charge >= 0.3 is 5.69 Å². The number of nitrogens with zero attached hydrogens (tertiary/aromatic N) is 2. The molecule has 2 rings (SSSR count). The molecule has 6 nitrogen and oxygen atoms in total. The Kier molecular flexibility index (Phi) is 2.17. The minimum atomic E-state index is 0.353. The first-order valence-corrected chi connectivity index (χ1v) is 4.25. The summed E-state index contributed by atoms with van der Waals surface area (Å²) < 4.78 is 5.05. The molecule has 3 N–H and O–H groups in total. The molecule has 0 spiro atoms. The lowest BCUT2D eigenvalue weighted by molar-refractivity contribution is -0.777. The van der Waals surface area contributed by atoms with Crippen LogP contribution < -0.4 is 4.74 Å². The van der Waals surface area contributed by atoms with E-state index in [1.807, 2.05) is 6.07 Å². The van der Waals surface area contributed by atoms with Crippen LogP contribution in [0.25, 0.3) is 10.9 Å². The Labute approximate surface area is 85.0 Å². The van der Waals surface area contributed by atoms with E-state index in [4.69, 9.17) is 9.94 Å². The summed E-state index contributed by atoms with van der Waals surface area (Å²) in [5.41, 5.74) is 1.17. The fraction of sp³-hybridized carbons (Fsp3) is 0.111. The molecule has 0 aliphatic heterocycles. The normalized spacial score (nSPS) is 11.9. The number of methoxy groups -OCH3 is 1. The molecule has 1 heterocycles. The monoisotopic (exact) mass is 208 g/mol. The van der Waals surface area contributed by atoms with E-state index in [9.17, 15) is 5.21 Å². The van der Waals surface area contributed by atoms with E-state index in [1.54, 1.807) is 19.2 Å². The van der Waals surface area contributed by atoms with Crippen molar-refractivity contribution in [1.29, 1.82) is 0 Å². The molecule has 2 aromatic rings. The fourth-order valence-corrected chi connectivity index (χ4v) is 1.43. The SMILES string of the molecule is COc1ccc2[nH]cc([N+](O)=NO)c2c1. The molecule has 1 aromatic carbocycles. The molecule has 0 unspecified atom stereocenters. The highest BCUT2D eigenvalue weighted by Gasteiger charge is 2.17. The van der Waals surface area contributed by atoms with Gasteiger partial charge in [-0.15, -0.1) is 0 Å². The standard InChI is InChI=1S/C9H9N3O3/c1-15-6-2-3-8-7(4-6)9(5-10-8)12(14)11-13/h2-5,10,14H,1H3/p+1. The number of hydrogen-bond acceptors (Lipinski definition) is 2. The topological polar surface area (TPSA) is 80.9 Å². The van der Waals surface area contributed by atoms with Gasteiger partial charge in [0.05, 0.1) is 24.2 Å². The molecule has 0 atom stereocenters. The van der Waals surface area contributed by atoms with E-state index in [1.165, 1.54) is 6.20 Å². The summed E-state index contributed by atoms with van der Waals surface area (Å²) in [7, 11) is 1.56. The first-order chi connectivity index (χ1) is 7.26. The molecule has 0 aliphatic carbocycles. The van der Waals surface area contributed by atoms with Crippen LogP contribution in [0, 0.1) is 0 Å². The van der Waals surface area contributed by atoms with Gasteiger partial charge in [-0.05, 0) is 18.2 Å². The molecule has 0 aliphatic rings. The van der Waals surface area contributed by atoms with Crippen molar-refractivity contribution in [3.63, 3.8) is 0 Å². The summed E-state index contributed by atoms with van der Waals surface area (Å²) in [4.78, 5) is 3.31. The van der Waals surface area contributed by atoms with E-state index in [-0.39, 0.29) is 0 Å². The van der Waals surface area contributed by atoms with Gasteiger partial charge in [0.2, 0.25) is 5.28 Å². The van der Waals surface area contributed by atoms with Gasteiger partial charge in [-0.3, -0.25) is 5.21 Å². The lowest BCUT2D eigenvalue weighted by atomic mass is 10.2. The Balaban J connectivity index is 2.66. The Morgan fingerprint density at radius 3 is 2.93 bits per heavy atom. The number of aromatic amines is 1. The van der Waals surface area contributed by atoms with E-state index in [0.717, 1.165) is 5.52 Å². The van der Waals surface area contributed by atoms with Crippen molar-refractivity contribution in [3.8, 4) is 5.75 Å². The number of aromatic nitrogens is 1. The average Bonchev–Trinajstić information content (AvgIpc) is 2.70. The molecule has 0 amide bonds. The fourth-order valence-electron chi connectivity index (χ4n) is 1.43. The van der Waals surface area contributed by atoms with Crippen LogP contribution in [0.3, 0.4) is 0 Å². The molecule has 0 bridgehead atoms. The molecular weight excluding hydrogens is 198 g/mol. The molecule has 6 heteroatoms. The Hall–Kier alpha value is -2.24. The number of ether oxygens (including phenoxy) is 1. The maximum Gasteiger partial charge on any atom is 0.318 e. The number of H-pyrrole nitrogens is 1. The van der Waals surface area contributed by atoms with Crippen molar-refractivity contribution in [2.75, 3.05) is 7.11 Å². The molecule has 0 saturated carbocycles. The smallest absolute Gasteiger partial charge is 0.318 e. The van der Waals surface area contributed by atoms with Crippen molar-refractivity contribution < 1.29 is 20.0 Å². The molecule has 1 aromatic heterocycles. The van der Waals surface area contributed by atoms with Crippen LogP contribution in [0.4, 0.5) is 5.69 Å². The molecule has 0 fully saturated rings. The predicted octanol–water partition coefficient (Wildman–Crippen LogP) is 2.05. The third kappa shape index (κ3) is 1.45. The maximum atomic E-state index is 9.24. The number of benzene rings is 1. The van der Waals surface area contributed by atoms with Gasteiger partial charge in [-0.1, -0.05) is 0 Å². The van der Waals surface area contributed by atoms with Crippen molar-refractivity contribution >= 4 is 16.6 Å². The summed E-state index contributed by atoms with van der Waals surface area (Å²) in [6.45, 7) is 0. The molecule has 78 valence electrons. The van der Waals surface area contributed by atoms with Crippen LogP contribution in [0.2, 0.25) is 0 Å². The van der Waals surface area contributed by atoms with Gasteiger partial charge in [0, 0.05) is 0 Å². The van der Waals surface area contributed by atoms with Crippen molar-refractivity contribution in [2.45, 2.75) is 0 Å². The largest absolute Gasteiger partial charge is 0.497 e. The van der Waals surface area contributed by atoms with Crippen LogP contribution in [0.1, 0.15) is 0 Å². The van der Waals surface area contributed by atoms with Crippen LogP contribution in [0.5, 0.6) is 5.75 Å². The Morgan fingerprint density at radius 2 is 2.27 bits per heavy atom. The maximum absolute atomic E-state index is 9.24. The van der Waals surface area contributed by atoms with Gasteiger partial charge in [-0.2, -0.15) is 0 Å². The van der Waals surface area contributed by atoms with Crippen molar-refractivity contribution in [1.82, 2.24) is 4.98 Å². The summed E-state index contributed by atoms with van der Waals surface area (Å²) in [5.74, 6) is 0.662. The second-order valence-electron chi connectivity index (χ2n) is 2.96. The first-order valence-electron chi connectivity index (χ1n) is 4.25. The second kappa shape index (κ2) is 3.49.